The van der Waals surface area contributed by atoms with Gasteiger partial charge in [-0.05, 0) is 90.3 Å². The Bertz CT molecular complexity index is 1240. The molecule has 1 spiro atoms. The van der Waals surface area contributed by atoms with Crippen molar-refractivity contribution in [3.05, 3.63) is 57.1 Å². The highest BCUT2D eigenvalue weighted by atomic mass is 127. The molecule has 3 aromatic rings. The molecule has 172 valence electrons. The minimum Gasteiger partial charge on any atom is -0.598 e. The minimum atomic E-state index is -1.39. The van der Waals surface area contributed by atoms with Gasteiger partial charge in [-0.2, -0.15) is 5.14 Å². The lowest BCUT2D eigenvalue weighted by Crippen LogP contribution is -2.46. The van der Waals surface area contributed by atoms with Crippen LogP contribution in [0.1, 0.15) is 55.7 Å². The Morgan fingerprint density at radius 1 is 1.33 bits per heavy atom. The van der Waals surface area contributed by atoms with Gasteiger partial charge >= 0.3 is 0 Å². The van der Waals surface area contributed by atoms with Crippen LogP contribution in [0, 0.1) is 21.3 Å². The third-order valence-electron chi connectivity index (χ3n) is 7.61. The van der Waals surface area contributed by atoms with Crippen LogP contribution in [0.5, 0.6) is 0 Å². The molecule has 0 saturated carbocycles. The fourth-order valence-corrected chi connectivity index (χ4v) is 6.58. The predicted molar refractivity (Wildman–Crippen MR) is 141 cm³/mol. The first-order chi connectivity index (χ1) is 15.7. The SMILES string of the molecule is C#Cc1ccc2c(c1)CC1(CCN(c3ncc(I)c4nccn34)CC1)C2CC(C)(C)[S+](N)[O-]. The Kier molecular flexibility index (Phi) is 5.88. The Labute approximate surface area is 211 Å². The fraction of sp³-hybridized carbons (Fsp3) is 0.440. The van der Waals surface area contributed by atoms with Crippen molar-refractivity contribution in [2.45, 2.75) is 50.2 Å². The van der Waals surface area contributed by atoms with Crippen LogP contribution in [0.4, 0.5) is 5.95 Å². The summed E-state index contributed by atoms with van der Waals surface area (Å²) in [5.74, 6) is 4.04. The molecular formula is C25H28IN5OS. The molecule has 1 aliphatic carbocycles. The molecular weight excluding hydrogens is 545 g/mol. The van der Waals surface area contributed by atoms with E-state index >= 15 is 0 Å². The summed E-state index contributed by atoms with van der Waals surface area (Å²) in [6, 6.07) is 6.41. The summed E-state index contributed by atoms with van der Waals surface area (Å²) in [6.45, 7) is 5.87. The molecule has 0 amide bonds. The molecule has 2 aromatic heterocycles. The maximum absolute atomic E-state index is 12.3. The number of imidazole rings is 1. The molecule has 5 rings (SSSR count). The van der Waals surface area contributed by atoms with Crippen molar-refractivity contribution in [1.29, 1.82) is 0 Å². The molecule has 1 saturated heterocycles. The topological polar surface area (TPSA) is 82.5 Å². The monoisotopic (exact) mass is 573 g/mol. The van der Waals surface area contributed by atoms with Crippen molar-refractivity contribution in [2.24, 2.45) is 10.6 Å². The largest absolute Gasteiger partial charge is 0.598 e. The molecule has 2 atom stereocenters. The fourth-order valence-electron chi connectivity index (χ4n) is 5.71. The Morgan fingerprint density at radius 3 is 2.79 bits per heavy atom. The van der Waals surface area contributed by atoms with E-state index in [1.165, 1.54) is 11.1 Å². The number of piperidine rings is 1. The van der Waals surface area contributed by atoms with Crippen molar-refractivity contribution in [1.82, 2.24) is 14.4 Å². The molecule has 8 heteroatoms. The highest BCUT2D eigenvalue weighted by Gasteiger charge is 2.51. The zero-order valence-corrected chi connectivity index (χ0v) is 21.9. The van der Waals surface area contributed by atoms with Crippen molar-refractivity contribution >= 4 is 45.5 Å². The molecule has 33 heavy (non-hydrogen) atoms. The molecule has 1 aliphatic heterocycles. The van der Waals surface area contributed by atoms with Crippen molar-refractivity contribution in [3.8, 4) is 12.3 Å². The number of terminal acetylenes is 1. The summed E-state index contributed by atoms with van der Waals surface area (Å²) in [4.78, 5) is 11.6. The van der Waals surface area contributed by atoms with Gasteiger partial charge in [-0.1, -0.05) is 12.0 Å². The van der Waals surface area contributed by atoms with Gasteiger partial charge in [-0.3, -0.25) is 4.40 Å². The van der Waals surface area contributed by atoms with E-state index in [0.717, 1.165) is 59.5 Å². The Morgan fingerprint density at radius 2 is 2.09 bits per heavy atom. The number of anilines is 1. The van der Waals surface area contributed by atoms with Gasteiger partial charge < -0.3 is 9.45 Å². The van der Waals surface area contributed by atoms with Crippen LogP contribution in [-0.4, -0.2) is 36.8 Å². The number of rotatable bonds is 4. The summed E-state index contributed by atoms with van der Waals surface area (Å²) in [6.07, 6.45) is 15.3. The highest BCUT2D eigenvalue weighted by molar-refractivity contribution is 14.1. The lowest BCUT2D eigenvalue weighted by molar-refractivity contribution is 0.169. The smallest absolute Gasteiger partial charge is 0.211 e. The van der Waals surface area contributed by atoms with Crippen LogP contribution in [0.25, 0.3) is 5.65 Å². The lowest BCUT2D eigenvalue weighted by Gasteiger charge is -2.45. The van der Waals surface area contributed by atoms with Gasteiger partial charge in [0.15, 0.2) is 5.65 Å². The van der Waals surface area contributed by atoms with E-state index < -0.39 is 16.1 Å². The molecule has 3 heterocycles. The maximum Gasteiger partial charge on any atom is 0.211 e. The number of hydrogen-bond acceptors (Lipinski definition) is 5. The summed E-state index contributed by atoms with van der Waals surface area (Å²) in [5, 5.41) is 5.90. The Balaban J connectivity index is 1.46. The van der Waals surface area contributed by atoms with Gasteiger partial charge in [0.1, 0.15) is 4.75 Å². The van der Waals surface area contributed by atoms with E-state index in [2.05, 4.69) is 54.9 Å². The van der Waals surface area contributed by atoms with E-state index in [0.29, 0.717) is 5.92 Å². The van der Waals surface area contributed by atoms with E-state index in [4.69, 9.17) is 16.5 Å². The molecule has 0 radical (unpaired) electrons. The molecule has 2 aliphatic rings. The first kappa shape index (κ1) is 23.0. The standard InChI is InChI=1S/C25H28IN5OS/c1-4-17-5-6-19-18(13-17)14-25(20(19)15-24(2,3)33(27)32)7-10-30(11-8-25)23-29-16-21(26)22-28-9-12-31(22)23/h1,5-6,9,12-13,16,20H,7-8,10-11,14-15,27H2,2-3H3. The van der Waals surface area contributed by atoms with Crippen LogP contribution in [0.3, 0.4) is 0 Å². The average molecular weight is 574 g/mol. The minimum absolute atomic E-state index is 0.111. The Hall–Kier alpha value is -1.80. The van der Waals surface area contributed by atoms with Crippen LogP contribution in [0.2, 0.25) is 0 Å². The van der Waals surface area contributed by atoms with E-state index in [9.17, 15) is 4.55 Å². The second-order valence-electron chi connectivity index (χ2n) is 9.92. The molecule has 1 aromatic carbocycles. The average Bonchev–Trinajstić information content (AvgIpc) is 3.39. The number of nitrogens with zero attached hydrogens (tertiary/aromatic N) is 4. The number of benzene rings is 1. The molecule has 6 nitrogen and oxygen atoms in total. The number of halogens is 1. The lowest BCUT2D eigenvalue weighted by atomic mass is 9.67. The highest BCUT2D eigenvalue weighted by Crippen LogP contribution is 2.56. The van der Waals surface area contributed by atoms with Crippen LogP contribution < -0.4 is 10.0 Å². The van der Waals surface area contributed by atoms with E-state index in [-0.39, 0.29) is 5.41 Å². The molecule has 2 N–H and O–H groups in total. The number of nitrogens with two attached hydrogens (primary N) is 1. The zero-order valence-electron chi connectivity index (χ0n) is 18.9. The van der Waals surface area contributed by atoms with E-state index in [1.54, 1.807) is 0 Å². The molecule has 2 unspecified atom stereocenters. The first-order valence-electron chi connectivity index (χ1n) is 11.2. The third kappa shape index (κ3) is 3.93. The predicted octanol–water partition coefficient (Wildman–Crippen LogP) is 4.03. The van der Waals surface area contributed by atoms with Crippen LogP contribution in [0.15, 0.2) is 36.8 Å². The van der Waals surface area contributed by atoms with E-state index in [1.807, 2.05) is 38.5 Å². The van der Waals surface area contributed by atoms with Gasteiger partial charge in [0, 0.05) is 55.0 Å². The van der Waals surface area contributed by atoms with Crippen LogP contribution in [-0.2, 0) is 17.8 Å². The van der Waals surface area contributed by atoms with Crippen LogP contribution >= 0.6 is 22.6 Å². The molecule has 0 bridgehead atoms. The summed E-state index contributed by atoms with van der Waals surface area (Å²) in [7, 11) is 0. The van der Waals surface area contributed by atoms with Gasteiger partial charge in [0.2, 0.25) is 5.95 Å². The van der Waals surface area contributed by atoms with Gasteiger partial charge in [0.05, 0.1) is 3.57 Å². The first-order valence-corrected chi connectivity index (χ1v) is 13.5. The number of aromatic nitrogens is 3. The number of hydrogen-bond donors (Lipinski definition) is 1. The van der Waals surface area contributed by atoms with Gasteiger partial charge in [-0.15, -0.1) is 6.42 Å². The van der Waals surface area contributed by atoms with Gasteiger partial charge in [-0.25, -0.2) is 9.97 Å². The van der Waals surface area contributed by atoms with Crippen molar-refractivity contribution < 1.29 is 4.55 Å². The second-order valence-corrected chi connectivity index (χ2v) is 12.8. The number of fused-ring (bicyclic) bond motifs is 2. The zero-order chi connectivity index (χ0) is 23.4. The van der Waals surface area contributed by atoms with Crippen molar-refractivity contribution in [3.63, 3.8) is 0 Å². The summed E-state index contributed by atoms with van der Waals surface area (Å²) < 4.78 is 15.0. The third-order valence-corrected chi connectivity index (χ3v) is 9.63. The quantitative estimate of drug-likeness (QED) is 0.290. The molecule has 1 fully saturated rings. The van der Waals surface area contributed by atoms with Crippen molar-refractivity contribution in [2.75, 3.05) is 18.0 Å². The maximum atomic E-state index is 12.3. The normalized spacial score (nSPS) is 20.7. The summed E-state index contributed by atoms with van der Waals surface area (Å²) >= 11 is 0.891. The summed E-state index contributed by atoms with van der Waals surface area (Å²) in [5.41, 5.74) is 4.67. The van der Waals surface area contributed by atoms with Gasteiger partial charge in [0.25, 0.3) is 0 Å². The second kappa shape index (κ2) is 8.45.